The Morgan fingerprint density at radius 3 is 2.59 bits per heavy atom. The molecule has 0 spiro atoms. The second-order valence-corrected chi connectivity index (χ2v) is 9.51. The molecule has 0 bridgehead atoms. The predicted octanol–water partition coefficient (Wildman–Crippen LogP) is 6.02. The number of anilines is 2. The molecule has 10 heteroatoms. The summed E-state index contributed by atoms with van der Waals surface area (Å²) in [5.74, 6) is 1.79. The van der Waals surface area contributed by atoms with Gasteiger partial charge in [-0.2, -0.15) is 9.61 Å². The van der Waals surface area contributed by atoms with Crippen LogP contribution in [0.1, 0.15) is 12.0 Å². The third-order valence-corrected chi connectivity index (χ3v) is 6.69. The van der Waals surface area contributed by atoms with E-state index in [2.05, 4.69) is 15.1 Å². The maximum atomic E-state index is 12.0. The zero-order valence-corrected chi connectivity index (χ0v) is 20.0. The van der Waals surface area contributed by atoms with Gasteiger partial charge in [0.15, 0.2) is 5.65 Å². The first-order chi connectivity index (χ1) is 15.5. The Morgan fingerprint density at radius 1 is 1.03 bits per heavy atom. The quantitative estimate of drug-likeness (QED) is 0.271. The smallest absolute Gasteiger partial charge is 0.157 e. The normalized spacial score (nSPS) is 12.1. The molecule has 2 aromatic carbocycles. The van der Waals surface area contributed by atoms with Crippen molar-refractivity contribution in [1.82, 2.24) is 14.6 Å². The molecule has 0 fully saturated rings. The Labute approximate surface area is 203 Å². The Morgan fingerprint density at radius 2 is 1.84 bits per heavy atom. The van der Waals surface area contributed by atoms with Crippen LogP contribution in [0.15, 0.2) is 60.8 Å². The van der Waals surface area contributed by atoms with Gasteiger partial charge < -0.3 is 10.0 Å². The molecule has 0 amide bonds. The molecule has 1 unspecified atom stereocenters. The van der Waals surface area contributed by atoms with Crippen molar-refractivity contribution in [2.45, 2.75) is 13.0 Å². The number of hydrogen-bond donors (Lipinski definition) is 2. The first-order valence-electron chi connectivity index (χ1n) is 9.87. The first-order valence-corrected chi connectivity index (χ1v) is 12.5. The van der Waals surface area contributed by atoms with Gasteiger partial charge in [-0.15, -0.1) is 11.6 Å². The van der Waals surface area contributed by atoms with E-state index in [-0.39, 0.29) is 0 Å². The summed E-state index contributed by atoms with van der Waals surface area (Å²) in [6, 6.07) is 16.9. The Hall–Kier alpha value is -2.32. The summed E-state index contributed by atoms with van der Waals surface area (Å²) in [5, 5.41) is 8.94. The number of benzene rings is 2. The van der Waals surface area contributed by atoms with E-state index in [1.165, 1.54) is 0 Å². The van der Waals surface area contributed by atoms with Crippen LogP contribution < -0.4 is 10.0 Å². The van der Waals surface area contributed by atoms with Crippen molar-refractivity contribution >= 4 is 62.9 Å². The molecule has 1 atom stereocenters. The number of alkyl halides is 1. The van der Waals surface area contributed by atoms with Crippen molar-refractivity contribution in [1.29, 1.82) is 0 Å². The van der Waals surface area contributed by atoms with E-state index in [1.807, 2.05) is 48.5 Å². The standard InChI is InChI=1S/C22H20Cl3N5OS/c23-9-1-11-32(31)29-18-6-3-15(4-7-18)20-13-22(30-21(28-20)8-10-27-30)26-14-16-2-5-17(24)12-19(16)25/h2-8,10,12-13,26,29H,1,9,11,14H2. The average molecular weight is 509 g/mol. The Balaban J connectivity index is 1.55. The minimum absolute atomic E-state index is 0.496. The average Bonchev–Trinajstić information content (AvgIpc) is 3.26. The van der Waals surface area contributed by atoms with Crippen LogP contribution in [0.25, 0.3) is 16.9 Å². The van der Waals surface area contributed by atoms with Gasteiger partial charge in [-0.1, -0.05) is 41.4 Å². The Kier molecular flexibility index (Phi) is 7.52. The minimum atomic E-state index is -1.15. The molecule has 0 aliphatic heterocycles. The summed E-state index contributed by atoms with van der Waals surface area (Å²) < 4.78 is 16.7. The van der Waals surface area contributed by atoms with Crippen molar-refractivity contribution in [2.75, 3.05) is 21.7 Å². The molecular weight excluding hydrogens is 489 g/mol. The highest BCUT2D eigenvalue weighted by Crippen LogP contribution is 2.26. The maximum Gasteiger partial charge on any atom is 0.157 e. The van der Waals surface area contributed by atoms with Crippen LogP contribution in [0.4, 0.5) is 11.5 Å². The highest BCUT2D eigenvalue weighted by molar-refractivity contribution is 7.86. The lowest BCUT2D eigenvalue weighted by Gasteiger charge is -2.12. The monoisotopic (exact) mass is 507 g/mol. The lowest BCUT2D eigenvalue weighted by atomic mass is 10.1. The van der Waals surface area contributed by atoms with Crippen LogP contribution in [-0.4, -0.2) is 30.4 Å². The molecule has 4 rings (SSSR count). The van der Waals surface area contributed by atoms with Crippen LogP contribution in [-0.2, 0) is 17.5 Å². The SMILES string of the molecule is O=S(CCCCl)Nc1ccc(-c2cc(NCc3ccc(Cl)cc3Cl)n3nccc3n2)cc1. The van der Waals surface area contributed by atoms with Gasteiger partial charge in [0.2, 0.25) is 0 Å². The molecule has 0 aliphatic carbocycles. The van der Waals surface area contributed by atoms with Crippen LogP contribution in [0.3, 0.4) is 0 Å². The molecule has 4 aromatic rings. The van der Waals surface area contributed by atoms with Gasteiger partial charge in [0, 0.05) is 51.6 Å². The maximum absolute atomic E-state index is 12.0. The van der Waals surface area contributed by atoms with Crippen molar-refractivity contribution < 1.29 is 4.21 Å². The summed E-state index contributed by atoms with van der Waals surface area (Å²) in [5.41, 5.74) is 4.14. The number of fused-ring (bicyclic) bond motifs is 1. The molecule has 0 saturated heterocycles. The zero-order valence-electron chi connectivity index (χ0n) is 16.9. The molecular formula is C22H20Cl3N5OS. The highest BCUT2D eigenvalue weighted by atomic mass is 35.5. The van der Waals surface area contributed by atoms with Gasteiger partial charge in [0.05, 0.1) is 11.9 Å². The van der Waals surface area contributed by atoms with Gasteiger partial charge in [-0.25, -0.2) is 9.19 Å². The van der Waals surface area contributed by atoms with Crippen molar-refractivity contribution in [2.24, 2.45) is 0 Å². The van der Waals surface area contributed by atoms with Gasteiger partial charge in [0.1, 0.15) is 16.8 Å². The van der Waals surface area contributed by atoms with E-state index >= 15 is 0 Å². The van der Waals surface area contributed by atoms with Crippen LogP contribution in [0.2, 0.25) is 10.0 Å². The number of nitrogens with one attached hydrogen (secondary N) is 2. The highest BCUT2D eigenvalue weighted by Gasteiger charge is 2.10. The predicted molar refractivity (Wildman–Crippen MR) is 134 cm³/mol. The van der Waals surface area contributed by atoms with Crippen molar-refractivity contribution in [3.8, 4) is 11.3 Å². The molecule has 2 aromatic heterocycles. The summed E-state index contributed by atoms with van der Waals surface area (Å²) in [6.45, 7) is 0.505. The fourth-order valence-electron chi connectivity index (χ4n) is 3.11. The van der Waals surface area contributed by atoms with E-state index in [4.69, 9.17) is 39.8 Å². The lowest BCUT2D eigenvalue weighted by Crippen LogP contribution is -2.09. The number of halogens is 3. The van der Waals surface area contributed by atoms with Crippen molar-refractivity contribution in [3.05, 3.63) is 76.4 Å². The first kappa shape index (κ1) is 22.9. The summed E-state index contributed by atoms with van der Waals surface area (Å²) in [4.78, 5) is 4.70. The Bertz CT molecular complexity index is 1250. The largest absolute Gasteiger partial charge is 0.366 e. The topological polar surface area (TPSA) is 71.3 Å². The van der Waals surface area contributed by atoms with Crippen LogP contribution in [0, 0.1) is 0 Å². The van der Waals surface area contributed by atoms with Gasteiger partial charge in [-0.05, 0) is 36.2 Å². The lowest BCUT2D eigenvalue weighted by molar-refractivity contribution is 0.685. The molecule has 2 heterocycles. The fraction of sp³-hybridized carbons (Fsp3) is 0.182. The summed E-state index contributed by atoms with van der Waals surface area (Å²) >= 11 is 18.0. The van der Waals surface area contributed by atoms with Gasteiger partial charge in [0.25, 0.3) is 0 Å². The summed E-state index contributed by atoms with van der Waals surface area (Å²) in [7, 11) is -1.15. The van der Waals surface area contributed by atoms with Gasteiger partial charge in [-0.3, -0.25) is 0 Å². The third-order valence-electron chi connectivity index (χ3n) is 4.71. The fourth-order valence-corrected chi connectivity index (χ4v) is 4.79. The second-order valence-electron chi connectivity index (χ2n) is 6.99. The number of hydrogen-bond acceptors (Lipinski definition) is 4. The summed E-state index contributed by atoms with van der Waals surface area (Å²) in [6.07, 6.45) is 2.40. The molecule has 6 nitrogen and oxygen atoms in total. The molecule has 166 valence electrons. The zero-order chi connectivity index (χ0) is 22.5. The van der Waals surface area contributed by atoms with E-state index < -0.39 is 11.0 Å². The second kappa shape index (κ2) is 10.5. The van der Waals surface area contributed by atoms with E-state index in [1.54, 1.807) is 16.8 Å². The van der Waals surface area contributed by atoms with E-state index in [9.17, 15) is 4.21 Å². The minimum Gasteiger partial charge on any atom is -0.366 e. The van der Waals surface area contributed by atoms with Crippen LogP contribution >= 0.6 is 34.8 Å². The molecule has 0 aliphatic rings. The molecule has 2 N–H and O–H groups in total. The molecule has 32 heavy (non-hydrogen) atoms. The van der Waals surface area contributed by atoms with Crippen molar-refractivity contribution in [3.63, 3.8) is 0 Å². The van der Waals surface area contributed by atoms with Crippen LogP contribution in [0.5, 0.6) is 0 Å². The third kappa shape index (κ3) is 5.53. The van der Waals surface area contributed by atoms with E-state index in [0.29, 0.717) is 34.6 Å². The van der Waals surface area contributed by atoms with Gasteiger partial charge >= 0.3 is 0 Å². The van der Waals surface area contributed by atoms with E-state index in [0.717, 1.165) is 34.0 Å². The number of rotatable bonds is 9. The molecule has 0 saturated carbocycles. The number of nitrogens with zero attached hydrogens (tertiary/aromatic N) is 3. The number of aromatic nitrogens is 3. The molecule has 0 radical (unpaired) electrons.